The van der Waals surface area contributed by atoms with E-state index in [1.807, 2.05) is 18.2 Å². The lowest BCUT2D eigenvalue weighted by atomic mass is 9.61. The van der Waals surface area contributed by atoms with Crippen LogP contribution in [0.25, 0.3) is 0 Å². The summed E-state index contributed by atoms with van der Waals surface area (Å²) in [4.78, 5) is 28.2. The predicted molar refractivity (Wildman–Crippen MR) is 127 cm³/mol. The summed E-state index contributed by atoms with van der Waals surface area (Å²) < 4.78 is 39.6. The van der Waals surface area contributed by atoms with Crippen LogP contribution in [0.3, 0.4) is 0 Å². The van der Waals surface area contributed by atoms with Gasteiger partial charge in [-0.3, -0.25) is 9.59 Å². The van der Waals surface area contributed by atoms with Crippen LogP contribution < -0.4 is 5.32 Å². The topological polar surface area (TPSA) is 49.4 Å². The first-order valence-electron chi connectivity index (χ1n) is 12.6. The smallest absolute Gasteiger partial charge is 0.349 e. The molecule has 35 heavy (non-hydrogen) atoms. The van der Waals surface area contributed by atoms with Crippen LogP contribution >= 0.6 is 0 Å². The summed E-state index contributed by atoms with van der Waals surface area (Å²) in [5.74, 6) is 0.127. The van der Waals surface area contributed by atoms with Gasteiger partial charge < -0.3 is 10.2 Å². The molecule has 1 aliphatic carbocycles. The second kappa shape index (κ2) is 9.32. The van der Waals surface area contributed by atoms with Crippen molar-refractivity contribution < 1.29 is 22.8 Å². The lowest BCUT2D eigenvalue weighted by Crippen LogP contribution is -2.60. The summed E-state index contributed by atoms with van der Waals surface area (Å²) in [5.41, 5.74) is 0.215. The van der Waals surface area contributed by atoms with Gasteiger partial charge in [-0.25, -0.2) is 0 Å². The summed E-state index contributed by atoms with van der Waals surface area (Å²) in [6.07, 6.45) is 2.12. The van der Waals surface area contributed by atoms with Gasteiger partial charge in [-0.1, -0.05) is 36.4 Å². The van der Waals surface area contributed by atoms with E-state index in [0.717, 1.165) is 57.2 Å². The molecule has 4 nitrogen and oxygen atoms in total. The lowest BCUT2D eigenvalue weighted by Gasteiger charge is -2.53. The van der Waals surface area contributed by atoms with Crippen LogP contribution in [-0.4, -0.2) is 34.8 Å². The summed E-state index contributed by atoms with van der Waals surface area (Å²) in [6.45, 7) is 0.800. The number of rotatable bonds is 4. The Labute approximate surface area is 203 Å². The minimum absolute atomic E-state index is 0.0251. The van der Waals surface area contributed by atoms with Crippen molar-refractivity contribution in [2.24, 2.45) is 11.8 Å². The highest BCUT2D eigenvalue weighted by atomic mass is 19.4. The zero-order valence-corrected chi connectivity index (χ0v) is 19.7. The molecule has 1 saturated carbocycles. The van der Waals surface area contributed by atoms with Crippen molar-refractivity contribution in [3.8, 4) is 0 Å². The molecule has 7 heteroatoms. The fourth-order valence-electron chi connectivity index (χ4n) is 6.93. The van der Waals surface area contributed by atoms with Gasteiger partial charge in [-0.05, 0) is 80.5 Å². The van der Waals surface area contributed by atoms with Crippen LogP contribution in [-0.2, 0) is 17.4 Å². The molecule has 186 valence electrons. The van der Waals surface area contributed by atoms with Crippen molar-refractivity contribution in [3.63, 3.8) is 0 Å². The van der Waals surface area contributed by atoms with E-state index >= 15 is 0 Å². The Hall–Kier alpha value is -2.83. The molecule has 2 aromatic carbocycles. The molecule has 0 bridgehead atoms. The van der Waals surface area contributed by atoms with Crippen LogP contribution in [0.2, 0.25) is 0 Å². The largest absolute Gasteiger partial charge is 0.416 e. The third-order valence-corrected chi connectivity index (χ3v) is 8.43. The molecule has 4 atom stereocenters. The van der Waals surface area contributed by atoms with E-state index < -0.39 is 17.6 Å². The number of hydrogen-bond donors (Lipinski definition) is 1. The Balaban J connectivity index is 1.45. The Kier molecular flexibility index (Phi) is 6.36. The van der Waals surface area contributed by atoms with Gasteiger partial charge in [-0.15, -0.1) is 0 Å². The molecular weight excluding hydrogens is 453 g/mol. The van der Waals surface area contributed by atoms with Gasteiger partial charge in [0.1, 0.15) is 0 Å². The second-order valence-corrected chi connectivity index (χ2v) is 10.3. The minimum atomic E-state index is -4.50. The molecule has 0 radical (unpaired) electrons. The third-order valence-electron chi connectivity index (χ3n) is 8.43. The average Bonchev–Trinajstić information content (AvgIpc) is 3.21. The molecule has 1 N–H and O–H groups in total. The summed E-state index contributed by atoms with van der Waals surface area (Å²) in [6, 6.07) is 14.6. The van der Waals surface area contributed by atoms with Gasteiger partial charge in [0.05, 0.1) is 5.56 Å². The number of benzene rings is 2. The molecule has 1 spiro atoms. The van der Waals surface area contributed by atoms with E-state index in [-0.39, 0.29) is 34.9 Å². The van der Waals surface area contributed by atoms with E-state index in [4.69, 9.17) is 0 Å². The van der Waals surface area contributed by atoms with E-state index in [9.17, 15) is 22.8 Å². The summed E-state index contributed by atoms with van der Waals surface area (Å²) in [7, 11) is 0. The number of carbonyl (C=O) groups is 2. The molecule has 3 aliphatic rings. The molecule has 2 aromatic rings. The first kappa shape index (κ1) is 23.9. The van der Waals surface area contributed by atoms with Gasteiger partial charge >= 0.3 is 6.18 Å². The van der Waals surface area contributed by atoms with Gasteiger partial charge in [0, 0.05) is 30.1 Å². The van der Waals surface area contributed by atoms with Gasteiger partial charge in [0.15, 0.2) is 0 Å². The standard InChI is InChI=1S/C28H31F3N2O2/c29-28(30,31)21-10-4-9-20(18-21)26(35)32-24-13-15-27-14-6-16-33(27)25(34)12-5-11-23(27)22(24)17-19-7-2-1-3-8-19/h1-4,7-10,18,22-24H,5-6,11-17H2,(H,32,35)/t22-,23+,24+,27-/m1/s1. The number of amides is 2. The maximum Gasteiger partial charge on any atom is 0.416 e. The van der Waals surface area contributed by atoms with Crippen molar-refractivity contribution in [1.29, 1.82) is 0 Å². The number of alkyl halides is 3. The normalized spacial score (nSPS) is 28.7. The van der Waals surface area contributed by atoms with Crippen molar-refractivity contribution >= 4 is 11.8 Å². The zero-order chi connectivity index (χ0) is 24.6. The average molecular weight is 485 g/mol. The van der Waals surface area contributed by atoms with Gasteiger partial charge in [0.25, 0.3) is 5.91 Å². The summed E-state index contributed by atoms with van der Waals surface area (Å²) in [5, 5.41) is 3.12. The maximum atomic E-state index is 13.2. The fourth-order valence-corrected chi connectivity index (χ4v) is 6.93. The van der Waals surface area contributed by atoms with Crippen molar-refractivity contribution in [1.82, 2.24) is 10.2 Å². The highest BCUT2D eigenvalue weighted by molar-refractivity contribution is 5.94. The third kappa shape index (κ3) is 4.57. The Morgan fingerprint density at radius 1 is 1.03 bits per heavy atom. The molecule has 3 fully saturated rings. The quantitative estimate of drug-likeness (QED) is 0.613. The SMILES string of the molecule is O=C(N[C@H]1CC[C@@]23CCCN2C(=O)CCC[C@H]3[C@H]1Cc1ccccc1)c1cccc(C(F)(F)F)c1. The van der Waals surface area contributed by atoms with Crippen molar-refractivity contribution in [3.05, 3.63) is 71.3 Å². The number of carbonyl (C=O) groups excluding carboxylic acids is 2. The van der Waals surface area contributed by atoms with E-state index in [1.54, 1.807) is 0 Å². The van der Waals surface area contributed by atoms with Crippen molar-refractivity contribution in [2.75, 3.05) is 6.54 Å². The molecule has 5 rings (SSSR count). The highest BCUT2D eigenvalue weighted by Crippen LogP contribution is 2.52. The van der Waals surface area contributed by atoms with Gasteiger partial charge in [0.2, 0.25) is 5.91 Å². The molecule has 2 heterocycles. The second-order valence-electron chi connectivity index (χ2n) is 10.3. The van der Waals surface area contributed by atoms with Crippen LogP contribution in [0.15, 0.2) is 54.6 Å². The lowest BCUT2D eigenvalue weighted by molar-refractivity contribution is -0.139. The first-order chi connectivity index (χ1) is 16.8. The fraction of sp³-hybridized carbons (Fsp3) is 0.500. The minimum Gasteiger partial charge on any atom is -0.349 e. The first-order valence-corrected chi connectivity index (χ1v) is 12.6. The zero-order valence-electron chi connectivity index (χ0n) is 19.7. The van der Waals surface area contributed by atoms with E-state index in [0.29, 0.717) is 12.8 Å². The predicted octanol–water partition coefficient (Wildman–Crippen LogP) is 5.62. The number of halogens is 3. The Bertz CT molecular complexity index is 1090. The monoisotopic (exact) mass is 484 g/mol. The molecule has 2 amide bonds. The Morgan fingerprint density at radius 3 is 2.60 bits per heavy atom. The Morgan fingerprint density at radius 2 is 1.83 bits per heavy atom. The number of nitrogens with one attached hydrogen (secondary N) is 1. The van der Waals surface area contributed by atoms with Crippen LogP contribution in [0.1, 0.15) is 66.4 Å². The van der Waals surface area contributed by atoms with E-state index in [2.05, 4.69) is 22.3 Å². The van der Waals surface area contributed by atoms with Crippen LogP contribution in [0.4, 0.5) is 13.2 Å². The molecule has 2 saturated heterocycles. The maximum absolute atomic E-state index is 13.2. The molecular formula is C28H31F3N2O2. The summed E-state index contributed by atoms with van der Waals surface area (Å²) >= 11 is 0. The van der Waals surface area contributed by atoms with Crippen LogP contribution in [0.5, 0.6) is 0 Å². The number of nitrogens with zero attached hydrogens (tertiary/aromatic N) is 1. The number of hydrogen-bond acceptors (Lipinski definition) is 2. The molecule has 2 aliphatic heterocycles. The molecule has 0 aromatic heterocycles. The van der Waals surface area contributed by atoms with Gasteiger partial charge in [-0.2, -0.15) is 13.2 Å². The molecule has 0 unspecified atom stereocenters. The highest BCUT2D eigenvalue weighted by Gasteiger charge is 2.56. The van der Waals surface area contributed by atoms with Crippen LogP contribution in [0, 0.1) is 11.8 Å². The van der Waals surface area contributed by atoms with E-state index in [1.165, 1.54) is 17.7 Å². The van der Waals surface area contributed by atoms with Crippen molar-refractivity contribution in [2.45, 2.75) is 69.1 Å².